The predicted molar refractivity (Wildman–Crippen MR) is 142 cm³/mol. The Morgan fingerprint density at radius 2 is 1.66 bits per heavy atom. The fourth-order valence-corrected chi connectivity index (χ4v) is 4.39. The summed E-state index contributed by atoms with van der Waals surface area (Å²) < 4.78 is 16.3. The van der Waals surface area contributed by atoms with Gasteiger partial charge in [-0.15, -0.1) is 0 Å². The van der Waals surface area contributed by atoms with Gasteiger partial charge in [0.15, 0.2) is 12.2 Å². The van der Waals surface area contributed by atoms with Gasteiger partial charge in [0, 0.05) is 28.6 Å². The van der Waals surface area contributed by atoms with Crippen molar-refractivity contribution in [1.82, 2.24) is 10.6 Å². The van der Waals surface area contributed by atoms with Crippen LogP contribution in [0.1, 0.15) is 43.7 Å². The number of ether oxygens (including phenoxy) is 3. The average Bonchev–Trinajstić information content (AvgIpc) is 3.39. The number of aliphatic carboxylic acids is 1. The Bertz CT molecular complexity index is 1080. The number of carbonyl (C=O) groups excluding carboxylic acids is 2. The molecule has 11 heteroatoms. The fraction of sp³-hybridized carbons (Fsp3) is 0.444. The van der Waals surface area contributed by atoms with Crippen molar-refractivity contribution in [2.24, 2.45) is 0 Å². The molecule has 0 saturated carbocycles. The molecular weight excluding hydrogens is 535 g/mol. The zero-order chi connectivity index (χ0) is 27.5. The topological polar surface area (TPSA) is 123 Å². The number of nitrogens with one attached hydrogen (secondary N) is 2. The van der Waals surface area contributed by atoms with E-state index in [1.807, 2.05) is 0 Å². The lowest BCUT2D eigenvalue weighted by molar-refractivity contribution is -0.144. The van der Waals surface area contributed by atoms with E-state index in [0.29, 0.717) is 33.5 Å². The van der Waals surface area contributed by atoms with Crippen LogP contribution >= 0.6 is 23.2 Å². The lowest BCUT2D eigenvalue weighted by atomic mass is 10.0. The van der Waals surface area contributed by atoms with Crippen molar-refractivity contribution in [1.29, 1.82) is 0 Å². The molecule has 1 aliphatic heterocycles. The highest BCUT2D eigenvalue weighted by atomic mass is 35.5. The molecule has 0 aromatic heterocycles. The van der Waals surface area contributed by atoms with E-state index in [4.69, 9.17) is 37.4 Å². The number of carboxylic acids is 1. The molecule has 2 aromatic rings. The summed E-state index contributed by atoms with van der Waals surface area (Å²) in [6.07, 6.45) is 1.61. The summed E-state index contributed by atoms with van der Waals surface area (Å²) in [5.41, 5.74) is 1.32. The Hall–Kier alpha value is -2.85. The third-order valence-electron chi connectivity index (χ3n) is 6.04. The molecule has 0 unspecified atom stereocenters. The van der Waals surface area contributed by atoms with Crippen molar-refractivity contribution in [3.63, 3.8) is 0 Å². The predicted octanol–water partition coefficient (Wildman–Crippen LogP) is 4.12. The Kier molecular flexibility index (Phi) is 11.7. The first-order valence-electron chi connectivity index (χ1n) is 12.5. The molecule has 1 heterocycles. The van der Waals surface area contributed by atoms with Crippen LogP contribution in [-0.4, -0.2) is 54.5 Å². The van der Waals surface area contributed by atoms with E-state index in [0.717, 1.165) is 25.7 Å². The van der Waals surface area contributed by atoms with Gasteiger partial charge in [0.2, 0.25) is 0 Å². The van der Waals surface area contributed by atoms with Crippen molar-refractivity contribution < 1.29 is 33.7 Å². The summed E-state index contributed by atoms with van der Waals surface area (Å²) in [6, 6.07) is 10.7. The Balaban J connectivity index is 1.53. The second-order valence-corrected chi connectivity index (χ2v) is 9.69. The molecule has 206 valence electrons. The van der Waals surface area contributed by atoms with E-state index in [1.165, 1.54) is 0 Å². The molecule has 9 nitrogen and oxygen atoms in total. The van der Waals surface area contributed by atoms with Gasteiger partial charge in [0.25, 0.3) is 11.8 Å². The van der Waals surface area contributed by atoms with E-state index >= 15 is 0 Å². The Morgan fingerprint density at radius 3 is 2.29 bits per heavy atom. The summed E-state index contributed by atoms with van der Waals surface area (Å²) >= 11 is 12.3. The number of unbranched alkanes of at least 4 members (excludes halogenated alkanes) is 3. The van der Waals surface area contributed by atoms with Gasteiger partial charge in [-0.25, -0.2) is 4.79 Å². The van der Waals surface area contributed by atoms with Crippen molar-refractivity contribution >= 4 is 41.0 Å². The van der Waals surface area contributed by atoms with Crippen LogP contribution in [0.5, 0.6) is 5.75 Å². The van der Waals surface area contributed by atoms with Gasteiger partial charge in [0.1, 0.15) is 25.2 Å². The van der Waals surface area contributed by atoms with Crippen molar-refractivity contribution in [3.8, 4) is 5.75 Å². The van der Waals surface area contributed by atoms with E-state index in [-0.39, 0.29) is 19.8 Å². The molecular formula is C27H32Cl2N2O7. The van der Waals surface area contributed by atoms with Gasteiger partial charge in [-0.05, 0) is 36.2 Å². The maximum Gasteiger partial charge on any atom is 0.326 e. The maximum atomic E-state index is 12.8. The molecule has 2 aromatic carbocycles. The number of rotatable bonds is 14. The smallest absolute Gasteiger partial charge is 0.326 e. The molecule has 3 atom stereocenters. The number of hydrogen-bond acceptors (Lipinski definition) is 6. The molecule has 2 amide bonds. The molecule has 0 bridgehead atoms. The highest BCUT2D eigenvalue weighted by molar-refractivity contribution is 6.35. The molecule has 1 saturated heterocycles. The van der Waals surface area contributed by atoms with Gasteiger partial charge in [-0.2, -0.15) is 0 Å². The average molecular weight is 567 g/mol. The quantitative estimate of drug-likeness (QED) is 0.294. The van der Waals surface area contributed by atoms with Gasteiger partial charge in [-0.1, -0.05) is 67.6 Å². The van der Waals surface area contributed by atoms with Gasteiger partial charge in [0.05, 0.1) is 0 Å². The van der Waals surface area contributed by atoms with Gasteiger partial charge < -0.3 is 30.0 Å². The SMILES string of the molecule is CCCCCCNC(=O)[C@@H]1OCO[C@H]1C(=O)N[C@@H](Cc1ccc(OCc2c(Cl)cccc2Cl)cc1)C(=O)O. The van der Waals surface area contributed by atoms with Crippen LogP contribution in [0.3, 0.4) is 0 Å². The third kappa shape index (κ3) is 8.59. The van der Waals surface area contributed by atoms with Crippen LogP contribution in [0.25, 0.3) is 0 Å². The molecule has 38 heavy (non-hydrogen) atoms. The summed E-state index contributed by atoms with van der Waals surface area (Å²) in [6.45, 7) is 2.50. The Morgan fingerprint density at radius 1 is 1.00 bits per heavy atom. The highest BCUT2D eigenvalue weighted by Crippen LogP contribution is 2.26. The summed E-state index contributed by atoms with van der Waals surface area (Å²) in [5.74, 6) is -1.86. The number of carbonyl (C=O) groups is 3. The number of halogens is 2. The number of benzene rings is 2. The van der Waals surface area contributed by atoms with E-state index in [9.17, 15) is 19.5 Å². The molecule has 3 N–H and O–H groups in total. The van der Waals surface area contributed by atoms with E-state index < -0.39 is 36.0 Å². The normalized spacial score (nSPS) is 17.6. The van der Waals surface area contributed by atoms with Crippen molar-refractivity contribution in [2.75, 3.05) is 13.3 Å². The summed E-state index contributed by atoms with van der Waals surface area (Å²) in [5, 5.41) is 15.9. The molecule has 1 aliphatic rings. The number of hydrogen-bond donors (Lipinski definition) is 3. The third-order valence-corrected chi connectivity index (χ3v) is 6.75. The Labute approximate surface area is 231 Å². The van der Waals surface area contributed by atoms with Crippen LogP contribution in [0.2, 0.25) is 10.0 Å². The second kappa shape index (κ2) is 14.9. The molecule has 0 radical (unpaired) electrons. The molecule has 0 spiro atoms. The summed E-state index contributed by atoms with van der Waals surface area (Å²) in [4.78, 5) is 37.2. The van der Waals surface area contributed by atoms with E-state index in [1.54, 1.807) is 42.5 Å². The maximum absolute atomic E-state index is 12.8. The number of carboxylic acid groups (broad SMARTS) is 1. The number of amides is 2. The lowest BCUT2D eigenvalue weighted by Gasteiger charge is -2.20. The van der Waals surface area contributed by atoms with Crippen LogP contribution in [0.4, 0.5) is 0 Å². The minimum Gasteiger partial charge on any atom is -0.489 e. The second-order valence-electron chi connectivity index (χ2n) is 8.88. The fourth-order valence-electron chi connectivity index (χ4n) is 3.89. The zero-order valence-corrected chi connectivity index (χ0v) is 22.6. The zero-order valence-electron chi connectivity index (χ0n) is 21.1. The first-order valence-corrected chi connectivity index (χ1v) is 13.2. The standard InChI is InChI=1S/C27H32Cl2N2O7/c1-2-3-4-5-13-30-25(32)23-24(38-16-37-23)26(33)31-22(27(34)35)14-17-9-11-18(12-10-17)36-15-19-20(28)7-6-8-21(19)29/h6-12,22-24H,2-5,13-16H2,1H3,(H,30,32)(H,31,33)(H,34,35)/t22-,23+,24+/m0/s1. The highest BCUT2D eigenvalue weighted by Gasteiger charge is 2.41. The van der Waals surface area contributed by atoms with Gasteiger partial charge in [-0.3, -0.25) is 9.59 Å². The largest absolute Gasteiger partial charge is 0.489 e. The van der Waals surface area contributed by atoms with Crippen LogP contribution in [0.15, 0.2) is 42.5 Å². The summed E-state index contributed by atoms with van der Waals surface area (Å²) in [7, 11) is 0. The molecule has 0 aliphatic carbocycles. The minimum absolute atomic E-state index is 0.0135. The van der Waals surface area contributed by atoms with E-state index in [2.05, 4.69) is 17.6 Å². The van der Waals surface area contributed by atoms with Crippen molar-refractivity contribution in [2.45, 2.75) is 63.9 Å². The first kappa shape index (κ1) is 29.7. The van der Waals surface area contributed by atoms with Gasteiger partial charge >= 0.3 is 5.97 Å². The van der Waals surface area contributed by atoms with Crippen LogP contribution < -0.4 is 15.4 Å². The van der Waals surface area contributed by atoms with Crippen LogP contribution in [-0.2, 0) is 36.9 Å². The monoisotopic (exact) mass is 566 g/mol. The molecule has 1 fully saturated rings. The first-order chi connectivity index (χ1) is 18.3. The minimum atomic E-state index is -1.24. The molecule has 3 rings (SSSR count). The van der Waals surface area contributed by atoms with Crippen molar-refractivity contribution in [3.05, 3.63) is 63.6 Å². The van der Waals surface area contributed by atoms with Crippen LogP contribution in [0, 0.1) is 0 Å². The lowest BCUT2D eigenvalue weighted by Crippen LogP contribution is -2.52.